The standard InChI is InChI=1S/C27H21F2N5O2/c28-26(29)36-21-9-6-16(7-10-21)23-24-18(14-31-27(33-24)32-19-4-1-5-19)15-34(25(23)35)20-8-11-22-17(13-20)3-2-12-30-22/h2-3,6-15,19,26H,1,4-5H2,(H,32,33). The van der Waals surface area contributed by atoms with Gasteiger partial charge in [-0.2, -0.15) is 8.78 Å². The Hall–Kier alpha value is -4.40. The van der Waals surface area contributed by atoms with Crippen LogP contribution in [0.1, 0.15) is 19.3 Å². The number of aromatic nitrogens is 4. The van der Waals surface area contributed by atoms with E-state index in [9.17, 15) is 13.6 Å². The summed E-state index contributed by atoms with van der Waals surface area (Å²) in [5.41, 5.74) is 2.57. The third-order valence-electron chi connectivity index (χ3n) is 6.43. The fourth-order valence-electron chi connectivity index (χ4n) is 4.38. The molecule has 0 unspecified atom stereocenters. The van der Waals surface area contributed by atoms with Crippen LogP contribution in [-0.2, 0) is 0 Å². The number of benzene rings is 2. The van der Waals surface area contributed by atoms with E-state index in [4.69, 9.17) is 4.98 Å². The lowest BCUT2D eigenvalue weighted by molar-refractivity contribution is -0.0498. The molecule has 5 aromatic rings. The van der Waals surface area contributed by atoms with Crippen LogP contribution in [0.2, 0.25) is 0 Å². The number of alkyl halides is 2. The summed E-state index contributed by atoms with van der Waals surface area (Å²) < 4.78 is 31.3. The van der Waals surface area contributed by atoms with Crippen LogP contribution in [0.3, 0.4) is 0 Å². The van der Waals surface area contributed by atoms with Crippen molar-refractivity contribution in [3.8, 4) is 22.6 Å². The van der Waals surface area contributed by atoms with Crippen molar-refractivity contribution in [1.82, 2.24) is 19.5 Å². The maximum atomic E-state index is 13.9. The average molecular weight is 485 g/mol. The molecule has 1 fully saturated rings. The average Bonchev–Trinajstić information content (AvgIpc) is 2.86. The third-order valence-corrected chi connectivity index (χ3v) is 6.43. The number of pyridine rings is 2. The second-order valence-corrected chi connectivity index (χ2v) is 8.73. The number of anilines is 1. The Morgan fingerprint density at radius 2 is 1.86 bits per heavy atom. The maximum Gasteiger partial charge on any atom is 0.387 e. The fraction of sp³-hybridized carbons (Fsp3) is 0.185. The van der Waals surface area contributed by atoms with Gasteiger partial charge in [-0.25, -0.2) is 9.97 Å². The molecule has 0 atom stereocenters. The molecule has 1 N–H and O–H groups in total. The predicted octanol–water partition coefficient (Wildman–Crippen LogP) is 5.56. The number of hydrogen-bond acceptors (Lipinski definition) is 6. The van der Waals surface area contributed by atoms with E-state index in [0.29, 0.717) is 39.7 Å². The second-order valence-electron chi connectivity index (χ2n) is 8.73. The lowest BCUT2D eigenvalue weighted by atomic mass is 9.93. The van der Waals surface area contributed by atoms with Crippen LogP contribution in [0.25, 0.3) is 38.6 Å². The van der Waals surface area contributed by atoms with E-state index >= 15 is 0 Å². The minimum Gasteiger partial charge on any atom is -0.435 e. The largest absolute Gasteiger partial charge is 0.435 e. The van der Waals surface area contributed by atoms with E-state index in [0.717, 1.165) is 30.2 Å². The van der Waals surface area contributed by atoms with Crippen LogP contribution in [0.5, 0.6) is 5.75 Å². The lowest BCUT2D eigenvalue weighted by Crippen LogP contribution is -2.28. The van der Waals surface area contributed by atoms with Crippen molar-refractivity contribution in [2.24, 2.45) is 0 Å². The summed E-state index contributed by atoms with van der Waals surface area (Å²) >= 11 is 0. The number of hydrogen-bond donors (Lipinski definition) is 1. The van der Waals surface area contributed by atoms with E-state index in [1.165, 1.54) is 12.1 Å². The van der Waals surface area contributed by atoms with Gasteiger partial charge in [0.15, 0.2) is 0 Å². The fourth-order valence-corrected chi connectivity index (χ4v) is 4.38. The van der Waals surface area contributed by atoms with Gasteiger partial charge in [-0.3, -0.25) is 14.3 Å². The molecule has 1 saturated carbocycles. The zero-order chi connectivity index (χ0) is 24.6. The molecule has 0 spiro atoms. The Balaban J connectivity index is 1.53. The molecule has 180 valence electrons. The molecule has 0 saturated heterocycles. The molecule has 36 heavy (non-hydrogen) atoms. The van der Waals surface area contributed by atoms with Gasteiger partial charge < -0.3 is 10.1 Å². The monoisotopic (exact) mass is 485 g/mol. The van der Waals surface area contributed by atoms with Crippen molar-refractivity contribution >= 4 is 27.8 Å². The van der Waals surface area contributed by atoms with Gasteiger partial charge in [0.1, 0.15) is 5.75 Å². The van der Waals surface area contributed by atoms with E-state index < -0.39 is 6.61 Å². The molecule has 7 nitrogen and oxygen atoms in total. The number of fused-ring (bicyclic) bond motifs is 2. The SMILES string of the molecule is O=c1c(-c2ccc(OC(F)F)cc2)c2nc(NC3CCC3)ncc2cn1-c1ccc2ncccc2c1. The van der Waals surface area contributed by atoms with E-state index in [1.807, 2.05) is 30.3 Å². The summed E-state index contributed by atoms with van der Waals surface area (Å²) in [5.74, 6) is 0.471. The molecule has 1 aliphatic rings. The molecule has 0 aliphatic heterocycles. The smallest absolute Gasteiger partial charge is 0.387 e. The highest BCUT2D eigenvalue weighted by molar-refractivity contribution is 5.93. The number of halogens is 2. The summed E-state index contributed by atoms with van der Waals surface area (Å²) in [6.07, 6.45) is 8.40. The molecule has 6 rings (SSSR count). The summed E-state index contributed by atoms with van der Waals surface area (Å²) in [6, 6.07) is 15.7. The van der Waals surface area contributed by atoms with Crippen LogP contribution < -0.4 is 15.6 Å². The van der Waals surface area contributed by atoms with Crippen molar-refractivity contribution in [1.29, 1.82) is 0 Å². The Kier molecular flexibility index (Phi) is 5.52. The molecule has 3 heterocycles. The van der Waals surface area contributed by atoms with E-state index in [-0.39, 0.29) is 11.3 Å². The first-order chi connectivity index (χ1) is 17.5. The highest BCUT2D eigenvalue weighted by Crippen LogP contribution is 2.29. The van der Waals surface area contributed by atoms with Crippen molar-refractivity contribution in [3.05, 3.63) is 83.5 Å². The van der Waals surface area contributed by atoms with Gasteiger partial charge in [-0.15, -0.1) is 0 Å². The molecule has 9 heteroatoms. The summed E-state index contributed by atoms with van der Waals surface area (Å²) in [7, 11) is 0. The molecule has 0 amide bonds. The Labute approximate surface area is 204 Å². The first-order valence-corrected chi connectivity index (χ1v) is 11.6. The number of nitrogens with zero attached hydrogens (tertiary/aromatic N) is 4. The van der Waals surface area contributed by atoms with Crippen LogP contribution in [0.15, 0.2) is 78.0 Å². The van der Waals surface area contributed by atoms with Crippen molar-refractivity contribution in [2.75, 3.05) is 5.32 Å². The van der Waals surface area contributed by atoms with Gasteiger partial charge in [0.2, 0.25) is 5.95 Å². The number of ether oxygens (including phenoxy) is 1. The Morgan fingerprint density at radius 1 is 1.03 bits per heavy atom. The lowest BCUT2D eigenvalue weighted by Gasteiger charge is -2.26. The Bertz CT molecular complexity index is 1630. The van der Waals surface area contributed by atoms with Gasteiger partial charge >= 0.3 is 6.61 Å². The second kappa shape index (κ2) is 8.99. The summed E-state index contributed by atoms with van der Waals surface area (Å²) in [4.78, 5) is 27.4. The third kappa shape index (κ3) is 4.13. The highest BCUT2D eigenvalue weighted by atomic mass is 19.3. The zero-order valence-electron chi connectivity index (χ0n) is 19.1. The summed E-state index contributed by atoms with van der Waals surface area (Å²) in [6.45, 7) is -2.93. The quantitative estimate of drug-likeness (QED) is 0.339. The predicted molar refractivity (Wildman–Crippen MR) is 134 cm³/mol. The number of nitrogens with one attached hydrogen (secondary N) is 1. The molecule has 0 radical (unpaired) electrons. The van der Waals surface area contributed by atoms with Gasteiger partial charge in [0, 0.05) is 41.1 Å². The highest BCUT2D eigenvalue weighted by Gasteiger charge is 2.20. The van der Waals surface area contributed by atoms with Crippen LogP contribution in [0.4, 0.5) is 14.7 Å². The van der Waals surface area contributed by atoms with Crippen molar-refractivity contribution < 1.29 is 13.5 Å². The maximum absolute atomic E-state index is 13.9. The van der Waals surface area contributed by atoms with Crippen LogP contribution in [0, 0.1) is 0 Å². The first-order valence-electron chi connectivity index (χ1n) is 11.6. The van der Waals surface area contributed by atoms with Crippen LogP contribution in [-0.4, -0.2) is 32.2 Å². The van der Waals surface area contributed by atoms with E-state index in [2.05, 4.69) is 20.0 Å². The molecule has 1 aliphatic carbocycles. The Morgan fingerprint density at radius 3 is 2.61 bits per heavy atom. The molecular weight excluding hydrogens is 464 g/mol. The normalized spacial score (nSPS) is 13.8. The van der Waals surface area contributed by atoms with E-state index in [1.54, 1.807) is 35.3 Å². The van der Waals surface area contributed by atoms with Gasteiger partial charge in [0.05, 0.1) is 16.6 Å². The van der Waals surface area contributed by atoms with Crippen LogP contribution >= 0.6 is 0 Å². The zero-order valence-corrected chi connectivity index (χ0v) is 19.1. The minimum atomic E-state index is -2.93. The van der Waals surface area contributed by atoms with Gasteiger partial charge in [-0.05, 0) is 61.2 Å². The first kappa shape index (κ1) is 22.1. The summed E-state index contributed by atoms with van der Waals surface area (Å²) in [5, 5.41) is 4.89. The van der Waals surface area contributed by atoms with Crippen molar-refractivity contribution in [3.63, 3.8) is 0 Å². The molecule has 3 aromatic heterocycles. The van der Waals surface area contributed by atoms with Gasteiger partial charge in [0.25, 0.3) is 5.56 Å². The topological polar surface area (TPSA) is 81.9 Å². The minimum absolute atomic E-state index is 0.0123. The number of rotatable bonds is 6. The molecule has 2 aromatic carbocycles. The van der Waals surface area contributed by atoms with Gasteiger partial charge in [-0.1, -0.05) is 18.2 Å². The molecule has 0 bridgehead atoms. The van der Waals surface area contributed by atoms with Crippen molar-refractivity contribution in [2.45, 2.75) is 31.9 Å². The molecular formula is C27H21F2N5O2.